The molecule has 0 saturated carbocycles. The van der Waals surface area contributed by atoms with Gasteiger partial charge in [0.2, 0.25) is 0 Å². The van der Waals surface area contributed by atoms with E-state index in [1.165, 1.54) is 6.33 Å². The Balaban J connectivity index is 1.43. The van der Waals surface area contributed by atoms with Gasteiger partial charge in [-0.15, -0.1) is 0 Å². The lowest BCUT2D eigenvalue weighted by atomic mass is 10.1. The number of rotatable bonds is 4. The second-order valence-corrected chi connectivity index (χ2v) is 7.20. The number of nitrogens with one attached hydrogen (secondary N) is 1. The summed E-state index contributed by atoms with van der Waals surface area (Å²) < 4.78 is 0. The molecule has 1 aliphatic heterocycles. The van der Waals surface area contributed by atoms with Crippen molar-refractivity contribution in [3.8, 4) is 0 Å². The maximum absolute atomic E-state index is 12.7. The third-order valence-electron chi connectivity index (χ3n) is 5.09. The molecule has 1 fully saturated rings. The van der Waals surface area contributed by atoms with Crippen LogP contribution < -0.4 is 15.1 Å². The van der Waals surface area contributed by atoms with E-state index in [-0.39, 0.29) is 5.91 Å². The molecule has 2 aromatic heterocycles. The first-order valence-corrected chi connectivity index (χ1v) is 9.72. The number of carbonyl (C=O) groups excluding carboxylic acids is 1. The second kappa shape index (κ2) is 8.26. The van der Waals surface area contributed by atoms with Crippen LogP contribution in [0, 0.1) is 13.8 Å². The average Bonchev–Trinajstić information content (AvgIpc) is 2.76. The molecule has 1 aromatic carbocycles. The van der Waals surface area contributed by atoms with Crippen LogP contribution in [0.2, 0.25) is 0 Å². The van der Waals surface area contributed by atoms with E-state index in [0.717, 1.165) is 54.6 Å². The average molecular weight is 388 g/mol. The van der Waals surface area contributed by atoms with E-state index in [9.17, 15) is 4.79 Å². The van der Waals surface area contributed by atoms with Gasteiger partial charge in [-0.1, -0.05) is 23.8 Å². The number of hydrogen-bond acceptors (Lipinski definition) is 6. The third-order valence-corrected chi connectivity index (χ3v) is 5.09. The fourth-order valence-corrected chi connectivity index (χ4v) is 3.49. The zero-order valence-corrected chi connectivity index (χ0v) is 16.7. The minimum atomic E-state index is -0.229. The van der Waals surface area contributed by atoms with Gasteiger partial charge < -0.3 is 15.1 Å². The maximum atomic E-state index is 12.7. The molecule has 148 valence electrons. The molecule has 1 N–H and O–H groups in total. The molecule has 3 aromatic rings. The summed E-state index contributed by atoms with van der Waals surface area (Å²) >= 11 is 0. The van der Waals surface area contributed by atoms with Crippen LogP contribution in [-0.2, 0) is 0 Å². The summed E-state index contributed by atoms with van der Waals surface area (Å²) in [5, 5.41) is 2.95. The van der Waals surface area contributed by atoms with Crippen molar-refractivity contribution in [1.82, 2.24) is 15.0 Å². The Bertz CT molecular complexity index is 999. The fourth-order valence-electron chi connectivity index (χ4n) is 3.49. The van der Waals surface area contributed by atoms with E-state index in [1.54, 1.807) is 6.07 Å². The Morgan fingerprint density at radius 2 is 1.66 bits per heavy atom. The zero-order valence-electron chi connectivity index (χ0n) is 16.7. The Morgan fingerprint density at radius 3 is 2.34 bits per heavy atom. The van der Waals surface area contributed by atoms with Crippen LogP contribution in [0.3, 0.4) is 0 Å². The van der Waals surface area contributed by atoms with Gasteiger partial charge in [-0.3, -0.25) is 4.79 Å². The van der Waals surface area contributed by atoms with Crippen molar-refractivity contribution in [3.63, 3.8) is 0 Å². The first-order chi connectivity index (χ1) is 14.1. The van der Waals surface area contributed by atoms with Gasteiger partial charge in [0.05, 0.1) is 0 Å². The minimum Gasteiger partial charge on any atom is -0.353 e. The highest BCUT2D eigenvalue weighted by Crippen LogP contribution is 2.19. The number of nitrogens with zero attached hydrogens (tertiary/aromatic N) is 5. The van der Waals surface area contributed by atoms with Gasteiger partial charge in [0.15, 0.2) is 0 Å². The first-order valence-electron chi connectivity index (χ1n) is 9.72. The maximum Gasteiger partial charge on any atom is 0.274 e. The van der Waals surface area contributed by atoms with E-state index in [4.69, 9.17) is 0 Å². The summed E-state index contributed by atoms with van der Waals surface area (Å²) in [5.41, 5.74) is 3.35. The molecule has 0 aliphatic carbocycles. The van der Waals surface area contributed by atoms with Gasteiger partial charge in [-0.2, -0.15) is 0 Å². The predicted molar refractivity (Wildman–Crippen MR) is 115 cm³/mol. The second-order valence-electron chi connectivity index (χ2n) is 7.20. The van der Waals surface area contributed by atoms with Crippen LogP contribution in [0.5, 0.6) is 0 Å². The van der Waals surface area contributed by atoms with Gasteiger partial charge in [0.25, 0.3) is 5.91 Å². The van der Waals surface area contributed by atoms with E-state index in [1.807, 2.05) is 56.4 Å². The van der Waals surface area contributed by atoms with Crippen molar-refractivity contribution in [3.05, 3.63) is 71.8 Å². The molecule has 1 saturated heterocycles. The van der Waals surface area contributed by atoms with Crippen molar-refractivity contribution in [1.29, 1.82) is 0 Å². The lowest BCUT2D eigenvalue weighted by Gasteiger charge is -2.36. The number of amides is 1. The van der Waals surface area contributed by atoms with Gasteiger partial charge in [0.1, 0.15) is 23.7 Å². The minimum absolute atomic E-state index is 0.229. The van der Waals surface area contributed by atoms with E-state index in [0.29, 0.717) is 5.69 Å². The van der Waals surface area contributed by atoms with Crippen LogP contribution in [-0.4, -0.2) is 47.0 Å². The highest BCUT2D eigenvalue weighted by Gasteiger charge is 2.20. The standard InChI is InChI=1S/C22H24N6O/c1-16-6-7-18(17(2)13-16)26-22(29)19-14-21(25-15-24-19)28-11-9-27(10-12-28)20-5-3-4-8-23-20/h3-8,13-15H,9-12H2,1-2H3,(H,26,29). The summed E-state index contributed by atoms with van der Waals surface area (Å²) in [6.45, 7) is 7.34. The van der Waals surface area contributed by atoms with Gasteiger partial charge in [-0.05, 0) is 37.6 Å². The van der Waals surface area contributed by atoms with Crippen LogP contribution in [0.4, 0.5) is 17.3 Å². The fraction of sp³-hybridized carbons (Fsp3) is 0.273. The molecule has 1 aliphatic rings. The first kappa shape index (κ1) is 18.9. The van der Waals surface area contributed by atoms with Crippen molar-refractivity contribution in [2.75, 3.05) is 41.3 Å². The summed E-state index contributed by atoms with van der Waals surface area (Å²) in [7, 11) is 0. The van der Waals surface area contributed by atoms with Crippen molar-refractivity contribution in [2.45, 2.75) is 13.8 Å². The molecular formula is C22H24N6O. The lowest BCUT2D eigenvalue weighted by Crippen LogP contribution is -2.47. The van der Waals surface area contributed by atoms with Gasteiger partial charge in [0, 0.05) is 44.1 Å². The van der Waals surface area contributed by atoms with E-state index in [2.05, 4.69) is 30.1 Å². The normalized spacial score (nSPS) is 14.0. The molecular weight excluding hydrogens is 364 g/mol. The van der Waals surface area contributed by atoms with E-state index >= 15 is 0 Å². The highest BCUT2D eigenvalue weighted by molar-refractivity contribution is 6.03. The molecule has 7 nitrogen and oxygen atoms in total. The smallest absolute Gasteiger partial charge is 0.274 e. The molecule has 4 rings (SSSR count). The van der Waals surface area contributed by atoms with Crippen LogP contribution >= 0.6 is 0 Å². The summed E-state index contributed by atoms with van der Waals surface area (Å²) in [6, 6.07) is 13.6. The topological polar surface area (TPSA) is 74.2 Å². The summed E-state index contributed by atoms with van der Waals surface area (Å²) in [5.74, 6) is 1.53. The SMILES string of the molecule is Cc1ccc(NC(=O)c2cc(N3CCN(c4ccccn4)CC3)ncn2)c(C)c1. The molecule has 0 bridgehead atoms. The van der Waals surface area contributed by atoms with Gasteiger partial charge in [-0.25, -0.2) is 15.0 Å². The van der Waals surface area contributed by atoms with Crippen molar-refractivity contribution < 1.29 is 4.79 Å². The van der Waals surface area contributed by atoms with Crippen molar-refractivity contribution >= 4 is 23.2 Å². The predicted octanol–water partition coefficient (Wildman–Crippen LogP) is 3.07. The Kier molecular flexibility index (Phi) is 5.37. The number of aromatic nitrogens is 3. The lowest BCUT2D eigenvalue weighted by molar-refractivity contribution is 0.102. The molecule has 1 amide bonds. The number of anilines is 3. The van der Waals surface area contributed by atoms with Gasteiger partial charge >= 0.3 is 0 Å². The quantitative estimate of drug-likeness (QED) is 0.740. The Labute approximate surface area is 170 Å². The molecule has 7 heteroatoms. The van der Waals surface area contributed by atoms with Crippen LogP contribution in [0.15, 0.2) is 55.0 Å². The molecule has 0 spiro atoms. The van der Waals surface area contributed by atoms with E-state index < -0.39 is 0 Å². The number of carbonyl (C=O) groups is 1. The monoisotopic (exact) mass is 388 g/mol. The third kappa shape index (κ3) is 4.34. The highest BCUT2D eigenvalue weighted by atomic mass is 16.1. The summed E-state index contributed by atoms with van der Waals surface area (Å²) in [6.07, 6.45) is 3.27. The largest absolute Gasteiger partial charge is 0.353 e. The molecule has 0 radical (unpaired) electrons. The summed E-state index contributed by atoms with van der Waals surface area (Å²) in [4.78, 5) is 30.1. The number of pyridine rings is 1. The zero-order chi connectivity index (χ0) is 20.2. The number of benzene rings is 1. The molecule has 0 atom stereocenters. The number of hydrogen-bond donors (Lipinski definition) is 1. The Hall–Kier alpha value is -3.48. The van der Waals surface area contributed by atoms with Crippen LogP contribution in [0.1, 0.15) is 21.6 Å². The van der Waals surface area contributed by atoms with Crippen molar-refractivity contribution in [2.24, 2.45) is 0 Å². The number of aryl methyl sites for hydroxylation is 2. The molecule has 29 heavy (non-hydrogen) atoms. The van der Waals surface area contributed by atoms with Crippen LogP contribution in [0.25, 0.3) is 0 Å². The number of piperazine rings is 1. The molecule has 0 unspecified atom stereocenters. The molecule has 3 heterocycles. The Morgan fingerprint density at radius 1 is 0.897 bits per heavy atom.